The number of rotatable bonds is 9. The maximum absolute atomic E-state index is 13.5. The average molecular weight is 672 g/mol. The van der Waals surface area contributed by atoms with Gasteiger partial charge in [0.25, 0.3) is 5.91 Å². The second-order valence-electron chi connectivity index (χ2n) is 11.7. The van der Waals surface area contributed by atoms with E-state index in [0.29, 0.717) is 0 Å². The van der Waals surface area contributed by atoms with Gasteiger partial charge in [-0.1, -0.05) is 17.7 Å². The number of benzene rings is 1. The number of aryl methyl sites for hydroxylation is 1. The molecule has 0 saturated heterocycles. The van der Waals surface area contributed by atoms with Crippen LogP contribution in [0.2, 0.25) is 5.02 Å². The van der Waals surface area contributed by atoms with Crippen LogP contribution in [0.1, 0.15) is 74.3 Å². The molecule has 16 heteroatoms. The van der Waals surface area contributed by atoms with Gasteiger partial charge in [0.15, 0.2) is 5.69 Å². The standard InChI is InChI=1S/C28H35ClF5N3O6S/c1-3-37-23(21(29)22(36-37)24(38)35-15-26(39)10-8-18(9-11-26)44(2,41)42)19-5-4-17(14-20(19)43-25(30)31)27(40)12-6-16(7-13-27)28(32,33)34/h4-5,14,16,18,25,39-40H,3,6-13,15H2,1-2H3,(H,35,38). The van der Waals surface area contributed by atoms with E-state index in [1.807, 2.05) is 0 Å². The zero-order valence-corrected chi connectivity index (χ0v) is 25.7. The van der Waals surface area contributed by atoms with E-state index in [-0.39, 0.29) is 92.0 Å². The highest BCUT2D eigenvalue weighted by Crippen LogP contribution is 2.47. The van der Waals surface area contributed by atoms with Crippen molar-refractivity contribution < 1.29 is 50.1 Å². The molecule has 2 aliphatic rings. The van der Waals surface area contributed by atoms with Crippen LogP contribution in [-0.4, -0.2) is 70.8 Å². The van der Waals surface area contributed by atoms with Gasteiger partial charge >= 0.3 is 12.8 Å². The van der Waals surface area contributed by atoms with Crippen molar-refractivity contribution in [2.45, 2.75) is 94.1 Å². The molecule has 246 valence electrons. The van der Waals surface area contributed by atoms with Gasteiger partial charge in [0.1, 0.15) is 15.6 Å². The Morgan fingerprint density at radius 2 is 1.77 bits per heavy atom. The molecular formula is C28H35ClF5N3O6S. The Kier molecular flexibility index (Phi) is 9.94. The van der Waals surface area contributed by atoms with Crippen molar-refractivity contribution in [3.8, 4) is 17.0 Å². The highest BCUT2D eigenvalue weighted by atomic mass is 35.5. The van der Waals surface area contributed by atoms with Crippen molar-refractivity contribution in [1.29, 1.82) is 0 Å². The fraction of sp³-hybridized carbons (Fsp3) is 0.643. The molecule has 0 radical (unpaired) electrons. The quantitative estimate of drug-likeness (QED) is 0.312. The van der Waals surface area contributed by atoms with Gasteiger partial charge in [-0.3, -0.25) is 9.48 Å². The number of nitrogens with zero attached hydrogens (tertiary/aromatic N) is 2. The third kappa shape index (κ3) is 7.48. The topological polar surface area (TPSA) is 131 Å². The van der Waals surface area contributed by atoms with E-state index in [9.17, 15) is 45.4 Å². The number of aliphatic hydroxyl groups is 2. The van der Waals surface area contributed by atoms with Gasteiger partial charge in [0.05, 0.1) is 33.1 Å². The number of carbonyl (C=O) groups excluding carboxylic acids is 1. The van der Waals surface area contributed by atoms with Crippen LogP contribution in [0.15, 0.2) is 18.2 Å². The Morgan fingerprint density at radius 1 is 1.16 bits per heavy atom. The van der Waals surface area contributed by atoms with Gasteiger partial charge < -0.3 is 20.3 Å². The van der Waals surface area contributed by atoms with Crippen molar-refractivity contribution in [2.24, 2.45) is 5.92 Å². The van der Waals surface area contributed by atoms with E-state index >= 15 is 0 Å². The summed E-state index contributed by atoms with van der Waals surface area (Å²) in [5, 5.41) is 28.1. The first-order chi connectivity index (χ1) is 20.4. The molecule has 1 amide bonds. The van der Waals surface area contributed by atoms with Gasteiger partial charge in [0.2, 0.25) is 0 Å². The lowest BCUT2D eigenvalue weighted by Gasteiger charge is -2.37. The Balaban J connectivity index is 1.58. The third-order valence-electron chi connectivity index (χ3n) is 8.72. The van der Waals surface area contributed by atoms with Crippen LogP contribution in [0.4, 0.5) is 22.0 Å². The second kappa shape index (κ2) is 12.7. The van der Waals surface area contributed by atoms with Crippen LogP contribution in [0.5, 0.6) is 5.75 Å². The van der Waals surface area contributed by atoms with Crippen molar-refractivity contribution in [3.05, 3.63) is 34.5 Å². The number of carbonyl (C=O) groups is 1. The number of alkyl halides is 5. The molecule has 2 aliphatic carbocycles. The van der Waals surface area contributed by atoms with E-state index in [4.69, 9.17) is 16.3 Å². The van der Waals surface area contributed by atoms with Gasteiger partial charge in [0, 0.05) is 24.9 Å². The molecule has 1 heterocycles. The smallest absolute Gasteiger partial charge is 0.391 e. The van der Waals surface area contributed by atoms with E-state index in [1.54, 1.807) is 6.92 Å². The van der Waals surface area contributed by atoms with Gasteiger partial charge in [-0.15, -0.1) is 0 Å². The van der Waals surface area contributed by atoms with E-state index in [2.05, 4.69) is 10.4 Å². The Labute approximate surface area is 256 Å². The van der Waals surface area contributed by atoms with Crippen LogP contribution in [0.25, 0.3) is 11.3 Å². The molecule has 9 nitrogen and oxygen atoms in total. The zero-order valence-electron chi connectivity index (χ0n) is 24.1. The van der Waals surface area contributed by atoms with Gasteiger partial charge in [-0.05, 0) is 76.0 Å². The minimum atomic E-state index is -4.40. The molecule has 3 N–H and O–H groups in total. The lowest BCUT2D eigenvalue weighted by Crippen LogP contribution is -2.47. The molecule has 0 unspecified atom stereocenters. The summed E-state index contributed by atoms with van der Waals surface area (Å²) < 4.78 is 96.2. The lowest BCUT2D eigenvalue weighted by atomic mass is 9.75. The van der Waals surface area contributed by atoms with Crippen molar-refractivity contribution in [2.75, 3.05) is 12.8 Å². The first-order valence-corrected chi connectivity index (χ1v) is 16.5. The second-order valence-corrected chi connectivity index (χ2v) is 14.4. The molecule has 44 heavy (non-hydrogen) atoms. The molecule has 0 atom stereocenters. The number of nitrogens with one attached hydrogen (secondary N) is 1. The predicted octanol–water partition coefficient (Wildman–Crippen LogP) is 5.21. The molecule has 1 aromatic carbocycles. The largest absolute Gasteiger partial charge is 0.434 e. The predicted molar refractivity (Wildman–Crippen MR) is 151 cm³/mol. The lowest BCUT2D eigenvalue weighted by molar-refractivity contribution is -0.193. The maximum atomic E-state index is 13.5. The number of ether oxygens (including phenoxy) is 1. The highest BCUT2D eigenvalue weighted by Gasteiger charge is 2.46. The number of sulfone groups is 1. The molecule has 2 fully saturated rings. The van der Waals surface area contributed by atoms with Crippen molar-refractivity contribution in [1.82, 2.24) is 15.1 Å². The van der Waals surface area contributed by atoms with Gasteiger partial charge in [-0.2, -0.15) is 27.1 Å². The minimum Gasteiger partial charge on any atom is -0.434 e. The Hall–Kier alpha value is -2.49. The number of hydrogen-bond acceptors (Lipinski definition) is 7. The number of halogens is 6. The molecule has 0 aliphatic heterocycles. The summed E-state index contributed by atoms with van der Waals surface area (Å²) in [7, 11) is -3.26. The highest BCUT2D eigenvalue weighted by molar-refractivity contribution is 7.91. The minimum absolute atomic E-state index is 0.0118. The number of amides is 1. The van der Waals surface area contributed by atoms with Gasteiger partial charge in [-0.25, -0.2) is 8.42 Å². The summed E-state index contributed by atoms with van der Waals surface area (Å²) in [6.45, 7) is -1.67. The van der Waals surface area contributed by atoms with E-state index < -0.39 is 56.7 Å². The molecule has 2 aromatic rings. The van der Waals surface area contributed by atoms with Crippen LogP contribution >= 0.6 is 11.6 Å². The Bertz CT molecular complexity index is 1470. The fourth-order valence-electron chi connectivity index (χ4n) is 6.05. The monoisotopic (exact) mass is 671 g/mol. The van der Waals surface area contributed by atoms with Crippen molar-refractivity contribution >= 4 is 27.3 Å². The van der Waals surface area contributed by atoms with E-state index in [1.165, 1.54) is 16.8 Å². The molecular weight excluding hydrogens is 637 g/mol. The van der Waals surface area contributed by atoms with Crippen LogP contribution in [-0.2, 0) is 22.0 Å². The van der Waals surface area contributed by atoms with Crippen LogP contribution < -0.4 is 10.1 Å². The summed E-state index contributed by atoms with van der Waals surface area (Å²) in [6.07, 6.45) is -3.60. The first-order valence-electron chi connectivity index (χ1n) is 14.2. The SMILES string of the molecule is CCn1nc(C(=O)NCC2(O)CCC(S(C)(=O)=O)CC2)c(Cl)c1-c1ccc(C2(O)CCC(C(F)(F)F)CC2)cc1OC(F)F. The summed E-state index contributed by atoms with van der Waals surface area (Å²) in [6, 6.07) is 3.87. The van der Waals surface area contributed by atoms with Crippen LogP contribution in [0, 0.1) is 5.92 Å². The molecule has 1 aromatic heterocycles. The molecule has 0 spiro atoms. The first kappa shape index (κ1) is 34.4. The maximum Gasteiger partial charge on any atom is 0.391 e. The normalized spacial score (nSPS) is 26.5. The average Bonchev–Trinajstić information content (AvgIpc) is 3.27. The van der Waals surface area contributed by atoms with Crippen LogP contribution in [0.3, 0.4) is 0 Å². The third-order valence-corrected chi connectivity index (χ3v) is 10.8. The Morgan fingerprint density at radius 3 is 2.30 bits per heavy atom. The number of hydrogen-bond donors (Lipinski definition) is 3. The summed E-state index contributed by atoms with van der Waals surface area (Å²) >= 11 is 6.57. The van der Waals surface area contributed by atoms with E-state index in [0.717, 1.165) is 12.3 Å². The zero-order chi connectivity index (χ0) is 32.7. The number of aromatic nitrogens is 2. The summed E-state index contributed by atoms with van der Waals surface area (Å²) in [5.41, 5.74) is -3.12. The summed E-state index contributed by atoms with van der Waals surface area (Å²) in [4.78, 5) is 13.1. The fourth-order valence-corrected chi connectivity index (χ4v) is 7.46. The summed E-state index contributed by atoms with van der Waals surface area (Å²) in [5.74, 6) is -2.74. The molecule has 2 saturated carbocycles. The molecule has 0 bridgehead atoms. The molecule has 4 rings (SSSR count). The van der Waals surface area contributed by atoms with Crippen molar-refractivity contribution in [3.63, 3.8) is 0 Å².